The molecule has 3 rings (SSSR count). The minimum Gasteiger partial charge on any atom is -0.497 e. The van der Waals surface area contributed by atoms with Gasteiger partial charge in [-0.05, 0) is 47.7 Å². The summed E-state index contributed by atoms with van der Waals surface area (Å²) in [6.07, 6.45) is 2.22. The first-order chi connectivity index (χ1) is 18.4. The zero-order valence-electron chi connectivity index (χ0n) is 22.3. The number of hydrogen-bond donors (Lipinski definition) is 0. The van der Waals surface area contributed by atoms with Crippen molar-refractivity contribution in [3.8, 4) is 23.0 Å². The Bertz CT molecular complexity index is 1210. The van der Waals surface area contributed by atoms with E-state index in [9.17, 15) is 9.59 Å². The Morgan fingerprint density at radius 1 is 0.895 bits per heavy atom. The summed E-state index contributed by atoms with van der Waals surface area (Å²) >= 11 is 1.59. The average molecular weight is 539 g/mol. The van der Waals surface area contributed by atoms with Gasteiger partial charge >= 0.3 is 0 Å². The van der Waals surface area contributed by atoms with Gasteiger partial charge in [0.1, 0.15) is 18.0 Å². The molecule has 202 valence electrons. The number of carbonyl (C=O) groups is 2. The highest BCUT2D eigenvalue weighted by Crippen LogP contribution is 2.28. The second kappa shape index (κ2) is 14.1. The maximum Gasteiger partial charge on any atom is 0.254 e. The molecule has 3 aromatic rings. The summed E-state index contributed by atoms with van der Waals surface area (Å²) in [6, 6.07) is 14.6. The number of rotatable bonds is 14. The Kier molecular flexibility index (Phi) is 10.6. The van der Waals surface area contributed by atoms with Gasteiger partial charge in [-0.25, -0.2) is 0 Å². The lowest BCUT2D eigenvalue weighted by Gasteiger charge is -2.27. The Hall–Kier alpha value is -3.98. The van der Waals surface area contributed by atoms with E-state index in [-0.39, 0.29) is 24.9 Å². The SMILES string of the molecule is C=CCN(CC(=O)N(CCc1ccc(OC)c(OC)c1)Cc1cccs1)C(=O)c1cc(OC)cc(OC)c1. The molecular formula is C29H34N2O6S. The molecule has 0 saturated heterocycles. The van der Waals surface area contributed by atoms with Crippen LogP contribution < -0.4 is 18.9 Å². The summed E-state index contributed by atoms with van der Waals surface area (Å²) in [5.41, 5.74) is 1.38. The fourth-order valence-electron chi connectivity index (χ4n) is 3.93. The topological polar surface area (TPSA) is 77.5 Å². The molecule has 8 nitrogen and oxygen atoms in total. The quantitative estimate of drug-likeness (QED) is 0.277. The predicted octanol–water partition coefficient (Wildman–Crippen LogP) is 4.68. The number of hydrogen-bond acceptors (Lipinski definition) is 7. The number of nitrogens with zero attached hydrogens (tertiary/aromatic N) is 2. The van der Waals surface area contributed by atoms with Gasteiger partial charge in [0, 0.05) is 29.6 Å². The largest absolute Gasteiger partial charge is 0.497 e. The van der Waals surface area contributed by atoms with Gasteiger partial charge < -0.3 is 28.7 Å². The predicted molar refractivity (Wildman–Crippen MR) is 149 cm³/mol. The fourth-order valence-corrected chi connectivity index (χ4v) is 4.65. The molecule has 0 bridgehead atoms. The molecule has 0 N–H and O–H groups in total. The van der Waals surface area contributed by atoms with Crippen LogP contribution in [0.2, 0.25) is 0 Å². The third-order valence-electron chi connectivity index (χ3n) is 5.96. The standard InChI is InChI=1S/C29H34N2O6S/c1-6-12-31(29(33)22-16-23(34-2)18-24(17-22)35-3)20-28(32)30(19-25-8-7-14-38-25)13-11-21-9-10-26(36-4)27(15-21)37-5/h6-10,14-18H,1,11-13,19-20H2,2-5H3. The minimum atomic E-state index is -0.314. The normalized spacial score (nSPS) is 10.4. The van der Waals surface area contributed by atoms with E-state index in [4.69, 9.17) is 18.9 Å². The van der Waals surface area contributed by atoms with Crippen LogP contribution in [0.3, 0.4) is 0 Å². The Balaban J connectivity index is 1.80. The van der Waals surface area contributed by atoms with Gasteiger partial charge in [-0.1, -0.05) is 18.2 Å². The second-order valence-corrected chi connectivity index (χ2v) is 9.44. The summed E-state index contributed by atoms with van der Waals surface area (Å²) in [4.78, 5) is 31.3. The first-order valence-corrected chi connectivity index (χ1v) is 12.9. The first kappa shape index (κ1) is 28.6. The molecule has 0 unspecified atom stereocenters. The van der Waals surface area contributed by atoms with Crippen molar-refractivity contribution >= 4 is 23.2 Å². The summed E-state index contributed by atoms with van der Waals surface area (Å²) < 4.78 is 21.4. The highest BCUT2D eigenvalue weighted by atomic mass is 32.1. The molecule has 0 aliphatic heterocycles. The highest BCUT2D eigenvalue weighted by molar-refractivity contribution is 7.09. The summed E-state index contributed by atoms with van der Waals surface area (Å²) in [5.74, 6) is 1.79. The van der Waals surface area contributed by atoms with Crippen LogP contribution in [0.25, 0.3) is 0 Å². The van der Waals surface area contributed by atoms with E-state index in [0.29, 0.717) is 48.1 Å². The Morgan fingerprint density at radius 2 is 1.61 bits per heavy atom. The van der Waals surface area contributed by atoms with Crippen molar-refractivity contribution in [2.24, 2.45) is 0 Å². The molecule has 0 aliphatic carbocycles. The van der Waals surface area contributed by atoms with Crippen LogP contribution in [-0.2, 0) is 17.8 Å². The van der Waals surface area contributed by atoms with Gasteiger partial charge in [0.15, 0.2) is 11.5 Å². The van der Waals surface area contributed by atoms with Gasteiger partial charge in [0.25, 0.3) is 5.91 Å². The van der Waals surface area contributed by atoms with Gasteiger partial charge in [-0.2, -0.15) is 0 Å². The molecule has 1 aromatic heterocycles. The zero-order chi connectivity index (χ0) is 27.5. The maximum absolute atomic E-state index is 13.6. The van der Waals surface area contributed by atoms with E-state index in [1.165, 1.54) is 19.1 Å². The molecule has 9 heteroatoms. The van der Waals surface area contributed by atoms with Crippen molar-refractivity contribution in [1.29, 1.82) is 0 Å². The van der Waals surface area contributed by atoms with Crippen molar-refractivity contribution in [2.45, 2.75) is 13.0 Å². The summed E-state index contributed by atoms with van der Waals surface area (Å²) in [7, 11) is 6.23. The first-order valence-electron chi connectivity index (χ1n) is 12.1. The highest BCUT2D eigenvalue weighted by Gasteiger charge is 2.23. The van der Waals surface area contributed by atoms with E-state index < -0.39 is 0 Å². The second-order valence-electron chi connectivity index (χ2n) is 8.41. The average Bonchev–Trinajstić information content (AvgIpc) is 3.47. The molecule has 0 saturated carbocycles. The zero-order valence-corrected chi connectivity index (χ0v) is 23.1. The van der Waals surface area contributed by atoms with Crippen LogP contribution in [0.15, 0.2) is 66.6 Å². The molecule has 0 atom stereocenters. The minimum absolute atomic E-state index is 0.0955. The van der Waals surface area contributed by atoms with E-state index in [0.717, 1.165) is 10.4 Å². The van der Waals surface area contributed by atoms with Crippen LogP contribution in [-0.4, -0.2) is 69.7 Å². The Labute approximate surface area is 228 Å². The summed E-state index contributed by atoms with van der Waals surface area (Å²) in [5, 5.41) is 1.98. The van der Waals surface area contributed by atoms with Crippen molar-refractivity contribution < 1.29 is 28.5 Å². The fraction of sp³-hybridized carbons (Fsp3) is 0.310. The Morgan fingerprint density at radius 3 is 2.18 bits per heavy atom. The lowest BCUT2D eigenvalue weighted by Crippen LogP contribution is -2.43. The van der Waals surface area contributed by atoms with Crippen molar-refractivity contribution in [3.05, 3.63) is 82.6 Å². The number of methoxy groups -OCH3 is 4. The molecular weight excluding hydrogens is 504 g/mol. The monoisotopic (exact) mass is 538 g/mol. The van der Waals surface area contributed by atoms with E-state index in [1.54, 1.807) is 54.7 Å². The maximum atomic E-state index is 13.6. The molecule has 2 aromatic carbocycles. The third-order valence-corrected chi connectivity index (χ3v) is 6.82. The molecule has 1 heterocycles. The summed E-state index contributed by atoms with van der Waals surface area (Å²) in [6.45, 7) is 4.81. The number of amides is 2. The molecule has 2 amide bonds. The molecule has 38 heavy (non-hydrogen) atoms. The van der Waals surface area contributed by atoms with Crippen molar-refractivity contribution in [3.63, 3.8) is 0 Å². The molecule has 0 radical (unpaired) electrons. The van der Waals surface area contributed by atoms with Crippen molar-refractivity contribution in [2.75, 3.05) is 48.1 Å². The number of ether oxygens (including phenoxy) is 4. The van der Waals surface area contributed by atoms with Crippen LogP contribution in [0, 0.1) is 0 Å². The third kappa shape index (κ3) is 7.52. The lowest BCUT2D eigenvalue weighted by molar-refractivity contribution is -0.132. The van der Waals surface area contributed by atoms with Crippen LogP contribution >= 0.6 is 11.3 Å². The lowest BCUT2D eigenvalue weighted by atomic mass is 10.1. The van der Waals surface area contributed by atoms with Crippen LogP contribution in [0.5, 0.6) is 23.0 Å². The molecule has 0 spiro atoms. The smallest absolute Gasteiger partial charge is 0.254 e. The molecule has 0 fully saturated rings. The van der Waals surface area contributed by atoms with E-state index >= 15 is 0 Å². The van der Waals surface area contributed by atoms with Crippen molar-refractivity contribution in [1.82, 2.24) is 9.80 Å². The van der Waals surface area contributed by atoms with Crippen LogP contribution in [0.1, 0.15) is 20.8 Å². The van der Waals surface area contributed by atoms with E-state index in [2.05, 4.69) is 6.58 Å². The number of carbonyl (C=O) groups excluding carboxylic acids is 2. The van der Waals surface area contributed by atoms with Gasteiger partial charge in [-0.3, -0.25) is 9.59 Å². The van der Waals surface area contributed by atoms with Gasteiger partial charge in [-0.15, -0.1) is 17.9 Å². The van der Waals surface area contributed by atoms with E-state index in [1.807, 2.05) is 35.7 Å². The van der Waals surface area contributed by atoms with Crippen LogP contribution in [0.4, 0.5) is 0 Å². The van der Waals surface area contributed by atoms with Gasteiger partial charge in [0.2, 0.25) is 5.91 Å². The van der Waals surface area contributed by atoms with Gasteiger partial charge in [0.05, 0.1) is 35.0 Å². The number of benzene rings is 2. The number of thiophene rings is 1. The molecule has 0 aliphatic rings.